The smallest absolute Gasteiger partial charge is 0.319 e. The molecule has 0 aromatic rings. The highest BCUT2D eigenvalue weighted by Crippen LogP contribution is 2.49. The van der Waals surface area contributed by atoms with Crippen molar-refractivity contribution in [3.8, 4) is 0 Å². The summed E-state index contributed by atoms with van der Waals surface area (Å²) in [6, 6.07) is 0. The fraction of sp³-hybridized carbons (Fsp3) is 0.750. The molecule has 1 heterocycles. The van der Waals surface area contributed by atoms with Crippen LogP contribution in [0.3, 0.4) is 0 Å². The zero-order valence-corrected chi connectivity index (χ0v) is 6.97. The van der Waals surface area contributed by atoms with Crippen LogP contribution in [0, 0.1) is 5.41 Å². The average molecular weight is 187 g/mol. The minimum Gasteiger partial charge on any atom is -0.480 e. The first kappa shape index (κ1) is 8.47. The first-order valence-corrected chi connectivity index (χ1v) is 4.19. The summed E-state index contributed by atoms with van der Waals surface area (Å²) in [6.07, 6.45) is 0.115. The summed E-state index contributed by atoms with van der Waals surface area (Å²) in [5.74, 6) is -1.74. The maximum atomic E-state index is 13.6. The fourth-order valence-electron chi connectivity index (χ4n) is 2.19. The van der Waals surface area contributed by atoms with Gasteiger partial charge in [0.1, 0.15) is 11.1 Å². The van der Waals surface area contributed by atoms with E-state index in [4.69, 9.17) is 5.11 Å². The summed E-state index contributed by atoms with van der Waals surface area (Å²) in [5.41, 5.74) is -2.99. The average Bonchev–Trinajstić information content (AvgIpc) is 2.36. The lowest BCUT2D eigenvalue weighted by Gasteiger charge is -2.31. The van der Waals surface area contributed by atoms with E-state index >= 15 is 0 Å². The molecular formula is C8H10FNO3. The zero-order valence-electron chi connectivity index (χ0n) is 6.97. The minimum absolute atomic E-state index is 0.0408. The van der Waals surface area contributed by atoms with Crippen LogP contribution in [0.25, 0.3) is 0 Å². The first-order valence-electron chi connectivity index (χ1n) is 4.19. The Balaban J connectivity index is 2.38. The van der Waals surface area contributed by atoms with E-state index in [9.17, 15) is 14.0 Å². The quantitative estimate of drug-likeness (QED) is 0.571. The number of halogens is 1. The Morgan fingerprint density at radius 3 is 2.77 bits per heavy atom. The number of alkyl halides is 1. The van der Waals surface area contributed by atoms with Gasteiger partial charge in [0, 0.05) is 6.42 Å². The van der Waals surface area contributed by atoms with Crippen LogP contribution >= 0.6 is 0 Å². The maximum Gasteiger partial charge on any atom is 0.319 e. The molecule has 13 heavy (non-hydrogen) atoms. The number of carboxylic acids is 1. The van der Waals surface area contributed by atoms with Crippen LogP contribution in [0.4, 0.5) is 4.39 Å². The third kappa shape index (κ3) is 0.959. The molecular weight excluding hydrogens is 177 g/mol. The molecule has 2 unspecified atom stereocenters. The highest BCUT2D eigenvalue weighted by Gasteiger charge is 2.61. The molecule has 1 saturated carbocycles. The summed E-state index contributed by atoms with van der Waals surface area (Å²) in [4.78, 5) is 22.2. The molecule has 1 amide bonds. The van der Waals surface area contributed by atoms with Gasteiger partial charge in [0.15, 0.2) is 0 Å². The SMILES string of the molecule is O=C(O)C12CCC(F)(CNC1=O)C2. The van der Waals surface area contributed by atoms with Crippen LogP contribution in [-0.2, 0) is 9.59 Å². The number of carboxylic acid groups (broad SMARTS) is 1. The molecule has 0 radical (unpaired) electrons. The number of piperidine rings is 1. The molecule has 4 nitrogen and oxygen atoms in total. The Labute approximate surface area is 74.1 Å². The molecule has 2 aliphatic rings. The molecule has 1 saturated heterocycles. The number of amides is 1. The number of fused-ring (bicyclic) bond motifs is 2. The van der Waals surface area contributed by atoms with Gasteiger partial charge in [-0.3, -0.25) is 9.59 Å². The molecule has 2 N–H and O–H groups in total. The Hall–Kier alpha value is -1.13. The summed E-state index contributed by atoms with van der Waals surface area (Å²) in [6.45, 7) is -0.0408. The predicted molar refractivity (Wildman–Crippen MR) is 40.8 cm³/mol. The Kier molecular flexibility index (Phi) is 1.44. The molecule has 0 spiro atoms. The summed E-state index contributed by atoms with van der Waals surface area (Å²) in [7, 11) is 0. The van der Waals surface area contributed by atoms with Gasteiger partial charge in [0.25, 0.3) is 0 Å². The molecule has 2 fully saturated rings. The number of aliphatic carboxylic acids is 1. The van der Waals surface area contributed by atoms with Crippen molar-refractivity contribution in [3.05, 3.63) is 0 Å². The standard InChI is InChI=1S/C8H10FNO3/c9-7-1-2-8(3-7,6(12)13)5(11)10-4-7/h1-4H2,(H,10,11)(H,12,13). The van der Waals surface area contributed by atoms with Crippen LogP contribution in [-0.4, -0.2) is 29.2 Å². The van der Waals surface area contributed by atoms with Crippen molar-refractivity contribution in [2.45, 2.75) is 24.9 Å². The molecule has 1 aliphatic heterocycles. The van der Waals surface area contributed by atoms with Crippen molar-refractivity contribution >= 4 is 11.9 Å². The highest BCUT2D eigenvalue weighted by atomic mass is 19.1. The second-order valence-corrected chi connectivity index (χ2v) is 3.90. The Bertz CT molecular complexity index is 293. The van der Waals surface area contributed by atoms with Gasteiger partial charge in [-0.05, 0) is 12.8 Å². The number of carbonyl (C=O) groups excluding carboxylic acids is 1. The van der Waals surface area contributed by atoms with E-state index in [0.717, 1.165) is 0 Å². The second kappa shape index (κ2) is 2.21. The van der Waals surface area contributed by atoms with E-state index in [2.05, 4.69) is 5.32 Å². The predicted octanol–water partition coefficient (Wildman–Crippen LogP) is 0.0794. The van der Waals surface area contributed by atoms with Crippen molar-refractivity contribution in [1.29, 1.82) is 0 Å². The largest absolute Gasteiger partial charge is 0.480 e. The van der Waals surface area contributed by atoms with Crippen LogP contribution in [0.2, 0.25) is 0 Å². The normalized spacial score (nSPS) is 43.0. The van der Waals surface area contributed by atoms with Gasteiger partial charge in [0.2, 0.25) is 5.91 Å². The van der Waals surface area contributed by atoms with E-state index in [1.807, 2.05) is 0 Å². The molecule has 2 bridgehead atoms. The molecule has 5 heteroatoms. The van der Waals surface area contributed by atoms with Crippen molar-refractivity contribution in [2.24, 2.45) is 5.41 Å². The zero-order chi connectivity index (χ0) is 9.69. The van der Waals surface area contributed by atoms with Crippen LogP contribution in [0.15, 0.2) is 0 Å². The lowest BCUT2D eigenvalue weighted by atomic mass is 9.81. The van der Waals surface area contributed by atoms with Crippen molar-refractivity contribution in [2.75, 3.05) is 6.54 Å². The molecule has 2 rings (SSSR count). The van der Waals surface area contributed by atoms with E-state index in [1.54, 1.807) is 0 Å². The number of hydrogen-bond acceptors (Lipinski definition) is 2. The maximum absolute atomic E-state index is 13.6. The summed E-state index contributed by atoms with van der Waals surface area (Å²) < 4.78 is 13.6. The molecule has 72 valence electrons. The van der Waals surface area contributed by atoms with E-state index in [0.29, 0.717) is 0 Å². The van der Waals surface area contributed by atoms with Gasteiger partial charge in [0.05, 0.1) is 6.54 Å². The monoisotopic (exact) mass is 187 g/mol. The second-order valence-electron chi connectivity index (χ2n) is 3.90. The minimum atomic E-state index is -1.49. The van der Waals surface area contributed by atoms with E-state index in [1.165, 1.54) is 0 Å². The van der Waals surface area contributed by atoms with Crippen molar-refractivity contribution in [3.63, 3.8) is 0 Å². The van der Waals surface area contributed by atoms with Gasteiger partial charge in [-0.1, -0.05) is 0 Å². The topological polar surface area (TPSA) is 66.4 Å². The first-order chi connectivity index (χ1) is 5.99. The Morgan fingerprint density at radius 1 is 1.54 bits per heavy atom. The van der Waals surface area contributed by atoms with E-state index in [-0.39, 0.29) is 25.8 Å². The lowest BCUT2D eigenvalue weighted by Crippen LogP contribution is -2.53. The number of rotatable bonds is 1. The molecule has 1 aliphatic carbocycles. The van der Waals surface area contributed by atoms with Crippen molar-refractivity contribution < 1.29 is 19.1 Å². The van der Waals surface area contributed by atoms with Crippen LogP contribution in [0.1, 0.15) is 19.3 Å². The van der Waals surface area contributed by atoms with Gasteiger partial charge < -0.3 is 10.4 Å². The Morgan fingerprint density at radius 2 is 2.23 bits per heavy atom. The summed E-state index contributed by atoms with van der Waals surface area (Å²) in [5, 5.41) is 11.2. The number of hydrogen-bond donors (Lipinski definition) is 2. The third-order valence-electron chi connectivity index (χ3n) is 3.03. The molecule has 2 atom stereocenters. The highest BCUT2D eigenvalue weighted by molar-refractivity contribution is 6.03. The van der Waals surface area contributed by atoms with Gasteiger partial charge in [-0.2, -0.15) is 0 Å². The number of nitrogens with one attached hydrogen (secondary N) is 1. The lowest BCUT2D eigenvalue weighted by molar-refractivity contribution is -0.158. The third-order valence-corrected chi connectivity index (χ3v) is 3.03. The summed E-state index contributed by atoms with van der Waals surface area (Å²) >= 11 is 0. The van der Waals surface area contributed by atoms with Crippen LogP contribution in [0.5, 0.6) is 0 Å². The molecule has 0 aromatic carbocycles. The van der Waals surface area contributed by atoms with Crippen molar-refractivity contribution in [1.82, 2.24) is 5.32 Å². The van der Waals surface area contributed by atoms with Gasteiger partial charge in [-0.25, -0.2) is 4.39 Å². The molecule has 0 aromatic heterocycles. The van der Waals surface area contributed by atoms with E-state index < -0.39 is 23.0 Å². The van der Waals surface area contributed by atoms with Crippen LogP contribution < -0.4 is 5.32 Å². The van der Waals surface area contributed by atoms with Gasteiger partial charge in [-0.15, -0.1) is 0 Å². The number of carbonyl (C=O) groups is 2. The van der Waals surface area contributed by atoms with Gasteiger partial charge >= 0.3 is 5.97 Å². The fourth-order valence-corrected chi connectivity index (χ4v) is 2.19.